The molecule has 0 aromatic carbocycles. The molecule has 2 aliphatic rings. The molecule has 3 rings (SSSR count). The zero-order valence-electron chi connectivity index (χ0n) is 14.5. The van der Waals surface area contributed by atoms with Crippen molar-refractivity contribution in [1.29, 1.82) is 0 Å². The molecule has 2 amide bonds. The van der Waals surface area contributed by atoms with Crippen molar-refractivity contribution in [1.82, 2.24) is 20.1 Å². The summed E-state index contributed by atoms with van der Waals surface area (Å²) < 4.78 is 6.13. The maximum Gasteiger partial charge on any atom is 0.317 e. The van der Waals surface area contributed by atoms with E-state index < -0.39 is 0 Å². The predicted octanol–water partition coefficient (Wildman–Crippen LogP) is 1.87. The molecule has 0 saturated carbocycles. The largest absolute Gasteiger partial charge is 0.371 e. The smallest absolute Gasteiger partial charge is 0.317 e. The van der Waals surface area contributed by atoms with E-state index in [1.54, 1.807) is 0 Å². The van der Waals surface area contributed by atoms with Gasteiger partial charge in [0.15, 0.2) is 0 Å². The number of hydrogen-bond acceptors (Lipinski definition) is 4. The van der Waals surface area contributed by atoms with Crippen molar-refractivity contribution in [2.24, 2.45) is 0 Å². The average Bonchev–Trinajstić information content (AvgIpc) is 2.63. The Kier molecular flexibility index (Phi) is 5.68. The van der Waals surface area contributed by atoms with Gasteiger partial charge in [0.1, 0.15) is 0 Å². The SMILES string of the molecule is CCCNC(=O)N1CCOC2(CCN(Cc3ccncc3)CC2)C1. The molecule has 132 valence electrons. The first-order valence-electron chi connectivity index (χ1n) is 8.99. The summed E-state index contributed by atoms with van der Waals surface area (Å²) in [6.07, 6.45) is 6.62. The molecule has 0 unspecified atom stereocenters. The van der Waals surface area contributed by atoms with Crippen LogP contribution in [0.1, 0.15) is 31.7 Å². The van der Waals surface area contributed by atoms with Crippen LogP contribution in [-0.4, -0.2) is 65.7 Å². The number of nitrogens with one attached hydrogen (secondary N) is 1. The molecule has 3 heterocycles. The summed E-state index contributed by atoms with van der Waals surface area (Å²) in [7, 11) is 0. The number of likely N-dealkylation sites (tertiary alicyclic amines) is 1. The highest BCUT2D eigenvalue weighted by Crippen LogP contribution is 2.30. The molecule has 6 nitrogen and oxygen atoms in total. The van der Waals surface area contributed by atoms with E-state index in [4.69, 9.17) is 4.74 Å². The molecule has 2 aliphatic heterocycles. The molecule has 2 fully saturated rings. The summed E-state index contributed by atoms with van der Waals surface area (Å²) in [4.78, 5) is 20.7. The minimum absolute atomic E-state index is 0.0544. The lowest BCUT2D eigenvalue weighted by atomic mass is 9.89. The molecule has 6 heteroatoms. The molecule has 1 spiro atoms. The lowest BCUT2D eigenvalue weighted by molar-refractivity contribution is -0.126. The monoisotopic (exact) mass is 332 g/mol. The number of aromatic nitrogens is 1. The Bertz CT molecular complexity index is 529. The van der Waals surface area contributed by atoms with Gasteiger partial charge in [-0.2, -0.15) is 0 Å². The quantitative estimate of drug-likeness (QED) is 0.914. The zero-order chi connectivity index (χ0) is 16.8. The Labute approximate surface area is 144 Å². The fourth-order valence-electron chi connectivity index (χ4n) is 3.53. The molecule has 1 aromatic heterocycles. The lowest BCUT2D eigenvalue weighted by Crippen LogP contribution is -2.59. The van der Waals surface area contributed by atoms with Crippen LogP contribution in [0.15, 0.2) is 24.5 Å². The molecule has 0 bridgehead atoms. The van der Waals surface area contributed by atoms with Gasteiger partial charge in [0.25, 0.3) is 0 Å². The molecule has 1 N–H and O–H groups in total. The van der Waals surface area contributed by atoms with Crippen molar-refractivity contribution in [3.8, 4) is 0 Å². The third-order valence-corrected chi connectivity index (χ3v) is 4.98. The second-order valence-electron chi connectivity index (χ2n) is 6.82. The van der Waals surface area contributed by atoms with E-state index >= 15 is 0 Å². The Balaban J connectivity index is 1.51. The van der Waals surface area contributed by atoms with Crippen molar-refractivity contribution < 1.29 is 9.53 Å². The van der Waals surface area contributed by atoms with Crippen LogP contribution in [0.5, 0.6) is 0 Å². The third kappa shape index (κ3) is 4.24. The summed E-state index contributed by atoms with van der Waals surface area (Å²) in [5.74, 6) is 0. The number of hydrogen-bond donors (Lipinski definition) is 1. The number of carbonyl (C=O) groups is 1. The number of ether oxygens (including phenoxy) is 1. The Morgan fingerprint density at radius 2 is 2.04 bits per heavy atom. The second kappa shape index (κ2) is 7.94. The fraction of sp³-hybridized carbons (Fsp3) is 0.667. The third-order valence-electron chi connectivity index (χ3n) is 4.98. The zero-order valence-corrected chi connectivity index (χ0v) is 14.5. The van der Waals surface area contributed by atoms with E-state index in [9.17, 15) is 4.79 Å². The highest BCUT2D eigenvalue weighted by Gasteiger charge is 2.40. The van der Waals surface area contributed by atoms with E-state index in [1.807, 2.05) is 17.3 Å². The van der Waals surface area contributed by atoms with Crippen LogP contribution in [0.2, 0.25) is 0 Å². The predicted molar refractivity (Wildman–Crippen MR) is 92.7 cm³/mol. The van der Waals surface area contributed by atoms with Crippen LogP contribution in [0, 0.1) is 0 Å². The van der Waals surface area contributed by atoms with E-state index in [-0.39, 0.29) is 11.6 Å². The maximum atomic E-state index is 12.2. The number of urea groups is 1. The Morgan fingerprint density at radius 3 is 2.75 bits per heavy atom. The highest BCUT2D eigenvalue weighted by atomic mass is 16.5. The molecule has 24 heavy (non-hydrogen) atoms. The lowest BCUT2D eigenvalue weighted by Gasteiger charge is -2.47. The van der Waals surface area contributed by atoms with Gasteiger partial charge in [-0.05, 0) is 37.0 Å². The fourth-order valence-corrected chi connectivity index (χ4v) is 3.53. The van der Waals surface area contributed by atoms with E-state index in [2.05, 4.69) is 34.3 Å². The summed E-state index contributed by atoms with van der Waals surface area (Å²) >= 11 is 0. The van der Waals surface area contributed by atoms with Crippen LogP contribution in [0.3, 0.4) is 0 Å². The van der Waals surface area contributed by atoms with Crippen molar-refractivity contribution in [3.63, 3.8) is 0 Å². The number of pyridine rings is 1. The van der Waals surface area contributed by atoms with Crippen molar-refractivity contribution in [2.75, 3.05) is 39.3 Å². The van der Waals surface area contributed by atoms with Gasteiger partial charge in [0.05, 0.1) is 18.8 Å². The van der Waals surface area contributed by atoms with Crippen LogP contribution >= 0.6 is 0 Å². The van der Waals surface area contributed by atoms with Crippen molar-refractivity contribution in [3.05, 3.63) is 30.1 Å². The Morgan fingerprint density at radius 1 is 1.29 bits per heavy atom. The topological polar surface area (TPSA) is 57.7 Å². The summed E-state index contributed by atoms with van der Waals surface area (Å²) in [5.41, 5.74) is 1.14. The highest BCUT2D eigenvalue weighted by molar-refractivity contribution is 5.74. The van der Waals surface area contributed by atoms with Gasteiger partial charge in [-0.1, -0.05) is 6.92 Å². The molecule has 0 radical (unpaired) electrons. The summed E-state index contributed by atoms with van der Waals surface area (Å²) in [6, 6.07) is 4.20. The summed E-state index contributed by atoms with van der Waals surface area (Å²) in [5, 5.41) is 2.98. The average molecular weight is 332 g/mol. The van der Waals surface area contributed by atoms with Gasteiger partial charge >= 0.3 is 6.03 Å². The normalized spacial score (nSPS) is 21.0. The van der Waals surface area contributed by atoms with Gasteiger partial charge in [-0.25, -0.2) is 4.79 Å². The van der Waals surface area contributed by atoms with E-state index in [0.717, 1.165) is 45.4 Å². The number of piperidine rings is 1. The molecule has 2 saturated heterocycles. The molecule has 0 aliphatic carbocycles. The van der Waals surface area contributed by atoms with Crippen LogP contribution in [0.25, 0.3) is 0 Å². The first-order valence-corrected chi connectivity index (χ1v) is 8.99. The first-order chi connectivity index (χ1) is 11.7. The first kappa shape index (κ1) is 17.2. The van der Waals surface area contributed by atoms with E-state index in [1.165, 1.54) is 5.56 Å². The standard InChI is InChI=1S/C18H28N4O2/c1-2-7-20-17(23)22-12-13-24-18(15-22)5-10-21(11-6-18)14-16-3-8-19-9-4-16/h3-4,8-9H,2,5-7,10-15H2,1H3,(H,20,23). The molecule has 1 aromatic rings. The van der Waals surface area contributed by atoms with E-state index in [0.29, 0.717) is 19.7 Å². The minimum Gasteiger partial charge on any atom is -0.371 e. The van der Waals surface area contributed by atoms with Crippen molar-refractivity contribution in [2.45, 2.75) is 38.3 Å². The number of nitrogens with zero attached hydrogens (tertiary/aromatic N) is 3. The van der Waals surface area contributed by atoms with Crippen LogP contribution in [-0.2, 0) is 11.3 Å². The van der Waals surface area contributed by atoms with Gasteiger partial charge in [-0.15, -0.1) is 0 Å². The van der Waals surface area contributed by atoms with Crippen LogP contribution in [0.4, 0.5) is 4.79 Å². The number of rotatable bonds is 4. The second-order valence-corrected chi connectivity index (χ2v) is 6.82. The molecular weight excluding hydrogens is 304 g/mol. The van der Waals surface area contributed by atoms with Gasteiger partial charge in [0.2, 0.25) is 0 Å². The number of amides is 2. The van der Waals surface area contributed by atoms with Gasteiger partial charge in [0, 0.05) is 45.1 Å². The Hall–Kier alpha value is -1.66. The number of carbonyl (C=O) groups excluding carboxylic acids is 1. The minimum atomic E-state index is -0.156. The maximum absolute atomic E-state index is 12.2. The van der Waals surface area contributed by atoms with Gasteiger partial charge < -0.3 is 15.0 Å². The molecular formula is C18H28N4O2. The molecule has 0 atom stereocenters. The van der Waals surface area contributed by atoms with Gasteiger partial charge in [-0.3, -0.25) is 9.88 Å². The van der Waals surface area contributed by atoms with Crippen molar-refractivity contribution >= 4 is 6.03 Å². The summed E-state index contributed by atoms with van der Waals surface area (Å²) in [6.45, 7) is 7.83. The van der Waals surface area contributed by atoms with Crippen LogP contribution < -0.4 is 5.32 Å². The number of morpholine rings is 1.